The van der Waals surface area contributed by atoms with E-state index in [2.05, 4.69) is 5.32 Å². The van der Waals surface area contributed by atoms with Crippen molar-refractivity contribution in [2.75, 3.05) is 6.54 Å². The number of carbonyl (C=O) groups is 1. The van der Waals surface area contributed by atoms with E-state index >= 15 is 0 Å². The molecule has 1 amide bonds. The molecule has 0 aliphatic carbocycles. The summed E-state index contributed by atoms with van der Waals surface area (Å²) in [5.41, 5.74) is 1.79. The van der Waals surface area contributed by atoms with Crippen molar-refractivity contribution in [3.63, 3.8) is 0 Å². The molecule has 2 atom stereocenters. The highest BCUT2D eigenvalue weighted by molar-refractivity contribution is 6.39. The molecular formula is C21H22Cl2FNO3. The van der Waals surface area contributed by atoms with Gasteiger partial charge in [-0.1, -0.05) is 29.3 Å². The maximum Gasteiger partial charge on any atom is 0.220 e. The number of halogens is 3. The Kier molecular flexibility index (Phi) is 6.81. The minimum atomic E-state index is -0.513. The van der Waals surface area contributed by atoms with Crippen LogP contribution >= 0.6 is 23.2 Å². The summed E-state index contributed by atoms with van der Waals surface area (Å²) in [5.74, 6) is 0.0351. The van der Waals surface area contributed by atoms with E-state index in [4.69, 9.17) is 27.9 Å². The number of rotatable bonds is 6. The van der Waals surface area contributed by atoms with Gasteiger partial charge in [-0.05, 0) is 56.0 Å². The number of carbonyl (C=O) groups excluding carboxylic acids is 1. The van der Waals surface area contributed by atoms with Crippen LogP contribution in [0.25, 0.3) is 11.1 Å². The standard InChI is InChI=1S/C21H22Cl2FNO3/c1-12(26)5-8-19(27)25-11-15-7-6-13-9-14(24)10-16(21(13)28-15)20-17(22)3-2-4-18(20)23/h2-4,9-10,12,15,26H,5-8,11H2,1H3,(H,25,27)/t12?,15-/m1/s1. The quantitative estimate of drug-likeness (QED) is 0.700. The van der Waals surface area contributed by atoms with Gasteiger partial charge < -0.3 is 15.2 Å². The third-order valence-corrected chi connectivity index (χ3v) is 5.33. The molecule has 0 bridgehead atoms. The van der Waals surface area contributed by atoms with E-state index < -0.39 is 6.10 Å². The summed E-state index contributed by atoms with van der Waals surface area (Å²) < 4.78 is 20.3. The van der Waals surface area contributed by atoms with Crippen molar-refractivity contribution >= 4 is 29.1 Å². The minimum Gasteiger partial charge on any atom is -0.488 e. The maximum atomic E-state index is 14.2. The molecular weight excluding hydrogens is 404 g/mol. The molecule has 1 unspecified atom stereocenters. The Bertz CT molecular complexity index is 853. The summed E-state index contributed by atoms with van der Waals surface area (Å²) in [4.78, 5) is 11.9. The summed E-state index contributed by atoms with van der Waals surface area (Å²) in [7, 11) is 0. The van der Waals surface area contributed by atoms with Gasteiger partial charge in [0, 0.05) is 17.5 Å². The molecule has 1 heterocycles. The summed E-state index contributed by atoms with van der Waals surface area (Å²) in [6, 6.07) is 7.95. The monoisotopic (exact) mass is 425 g/mol. The van der Waals surface area contributed by atoms with E-state index in [0.29, 0.717) is 52.7 Å². The van der Waals surface area contributed by atoms with E-state index in [-0.39, 0.29) is 24.2 Å². The van der Waals surface area contributed by atoms with Crippen molar-refractivity contribution in [1.29, 1.82) is 0 Å². The zero-order valence-electron chi connectivity index (χ0n) is 15.5. The molecule has 2 N–H and O–H groups in total. The number of hydrogen-bond acceptors (Lipinski definition) is 3. The van der Waals surface area contributed by atoms with Crippen LogP contribution in [0, 0.1) is 5.82 Å². The number of amides is 1. The number of nitrogens with one attached hydrogen (secondary N) is 1. The van der Waals surface area contributed by atoms with E-state index in [1.807, 2.05) is 0 Å². The van der Waals surface area contributed by atoms with Crippen LogP contribution in [0.5, 0.6) is 5.75 Å². The minimum absolute atomic E-state index is 0.135. The third kappa shape index (κ3) is 4.96. The average molecular weight is 426 g/mol. The molecule has 0 aromatic heterocycles. The summed E-state index contributed by atoms with van der Waals surface area (Å²) in [6.07, 6.45) is 1.19. The van der Waals surface area contributed by atoms with Crippen molar-refractivity contribution in [3.05, 3.63) is 51.8 Å². The first-order chi connectivity index (χ1) is 13.3. The van der Waals surface area contributed by atoms with E-state index in [0.717, 1.165) is 5.56 Å². The van der Waals surface area contributed by atoms with Crippen molar-refractivity contribution < 1.29 is 19.0 Å². The molecule has 2 aromatic carbocycles. The fraction of sp³-hybridized carbons (Fsp3) is 0.381. The van der Waals surface area contributed by atoms with Gasteiger partial charge >= 0.3 is 0 Å². The first-order valence-electron chi connectivity index (χ1n) is 9.23. The van der Waals surface area contributed by atoms with Gasteiger partial charge in [-0.15, -0.1) is 0 Å². The number of ether oxygens (including phenoxy) is 1. The van der Waals surface area contributed by atoms with Gasteiger partial charge in [-0.25, -0.2) is 4.39 Å². The van der Waals surface area contributed by atoms with Crippen molar-refractivity contribution in [1.82, 2.24) is 5.32 Å². The van der Waals surface area contributed by atoms with Gasteiger partial charge in [-0.3, -0.25) is 4.79 Å². The summed E-state index contributed by atoms with van der Waals surface area (Å²) in [5, 5.41) is 12.9. The van der Waals surface area contributed by atoms with E-state index in [9.17, 15) is 14.3 Å². The largest absolute Gasteiger partial charge is 0.488 e. The highest BCUT2D eigenvalue weighted by Gasteiger charge is 2.26. The van der Waals surface area contributed by atoms with E-state index in [1.54, 1.807) is 25.1 Å². The molecule has 0 saturated heterocycles. The second-order valence-electron chi connectivity index (χ2n) is 7.01. The first kappa shape index (κ1) is 20.9. The van der Waals surface area contributed by atoms with Crippen LogP contribution in [0.1, 0.15) is 31.7 Å². The predicted molar refractivity (Wildman–Crippen MR) is 109 cm³/mol. The van der Waals surface area contributed by atoms with Gasteiger partial charge in [0.15, 0.2) is 0 Å². The Balaban J connectivity index is 1.80. The predicted octanol–water partition coefficient (Wildman–Crippen LogP) is 4.77. The van der Waals surface area contributed by atoms with Crippen molar-refractivity contribution in [2.24, 2.45) is 0 Å². The number of benzene rings is 2. The third-order valence-electron chi connectivity index (χ3n) is 4.70. The molecule has 150 valence electrons. The number of hydrogen-bond donors (Lipinski definition) is 2. The smallest absolute Gasteiger partial charge is 0.220 e. The second-order valence-corrected chi connectivity index (χ2v) is 7.82. The van der Waals surface area contributed by atoms with E-state index in [1.165, 1.54) is 12.1 Å². The molecule has 0 radical (unpaired) electrons. The average Bonchev–Trinajstić information content (AvgIpc) is 2.64. The fourth-order valence-electron chi connectivity index (χ4n) is 3.26. The highest BCUT2D eigenvalue weighted by Crippen LogP contribution is 2.44. The molecule has 4 nitrogen and oxygen atoms in total. The van der Waals surface area contributed by atoms with Crippen LogP contribution in [0.4, 0.5) is 4.39 Å². The lowest BCUT2D eigenvalue weighted by atomic mass is 9.95. The molecule has 2 aromatic rings. The Labute approximate surface area is 173 Å². The maximum absolute atomic E-state index is 14.2. The zero-order chi connectivity index (χ0) is 20.3. The second kappa shape index (κ2) is 9.12. The lowest BCUT2D eigenvalue weighted by Crippen LogP contribution is -2.37. The van der Waals surface area contributed by atoms with Gasteiger partial charge in [-0.2, -0.15) is 0 Å². The summed E-state index contributed by atoms with van der Waals surface area (Å²) >= 11 is 12.6. The van der Waals surface area contributed by atoms with Crippen LogP contribution in [0.2, 0.25) is 10.0 Å². The number of aliphatic hydroxyl groups is 1. The molecule has 7 heteroatoms. The molecule has 1 aliphatic rings. The highest BCUT2D eigenvalue weighted by atomic mass is 35.5. The van der Waals surface area contributed by atoms with Gasteiger partial charge in [0.2, 0.25) is 5.91 Å². The van der Waals surface area contributed by atoms with Gasteiger partial charge in [0.25, 0.3) is 0 Å². The van der Waals surface area contributed by atoms with Crippen LogP contribution in [-0.4, -0.2) is 29.8 Å². The molecule has 1 aliphatic heterocycles. The lowest BCUT2D eigenvalue weighted by Gasteiger charge is -2.29. The molecule has 0 spiro atoms. The number of aliphatic hydroxyl groups excluding tert-OH is 1. The molecule has 3 rings (SSSR count). The fourth-order valence-corrected chi connectivity index (χ4v) is 3.86. The molecule has 0 fully saturated rings. The van der Waals surface area contributed by atoms with Crippen molar-refractivity contribution in [2.45, 2.75) is 44.8 Å². The van der Waals surface area contributed by atoms with Gasteiger partial charge in [0.05, 0.1) is 22.7 Å². The van der Waals surface area contributed by atoms with Crippen LogP contribution in [-0.2, 0) is 11.2 Å². The Morgan fingerprint density at radius 1 is 1.36 bits per heavy atom. The topological polar surface area (TPSA) is 58.6 Å². The van der Waals surface area contributed by atoms with Gasteiger partial charge in [0.1, 0.15) is 17.7 Å². The van der Waals surface area contributed by atoms with Crippen LogP contribution in [0.3, 0.4) is 0 Å². The number of fused-ring (bicyclic) bond motifs is 1. The Morgan fingerprint density at radius 3 is 2.75 bits per heavy atom. The van der Waals surface area contributed by atoms with Crippen LogP contribution in [0.15, 0.2) is 30.3 Å². The molecule has 28 heavy (non-hydrogen) atoms. The summed E-state index contributed by atoms with van der Waals surface area (Å²) in [6.45, 7) is 1.99. The Morgan fingerprint density at radius 2 is 2.07 bits per heavy atom. The van der Waals surface area contributed by atoms with Crippen molar-refractivity contribution in [3.8, 4) is 16.9 Å². The SMILES string of the molecule is CC(O)CCC(=O)NC[C@H]1CCc2cc(F)cc(-c3c(Cl)cccc3Cl)c2O1. The van der Waals surface area contributed by atoms with Crippen LogP contribution < -0.4 is 10.1 Å². The molecule has 0 saturated carbocycles. The zero-order valence-corrected chi connectivity index (χ0v) is 17.0. The lowest BCUT2D eigenvalue weighted by molar-refractivity contribution is -0.122. The number of aryl methyl sites for hydroxylation is 1. The Hall–Kier alpha value is -1.82. The first-order valence-corrected chi connectivity index (χ1v) is 9.99. The normalized spacial score (nSPS) is 16.8.